The van der Waals surface area contributed by atoms with Gasteiger partial charge in [-0.25, -0.2) is 5.43 Å². The second-order valence-corrected chi connectivity index (χ2v) is 5.64. The van der Waals surface area contributed by atoms with E-state index >= 15 is 0 Å². The van der Waals surface area contributed by atoms with E-state index in [1.807, 2.05) is 32.0 Å². The van der Waals surface area contributed by atoms with Gasteiger partial charge in [0.2, 0.25) is 5.91 Å². The number of ether oxygens (including phenoxy) is 1. The highest BCUT2D eigenvalue weighted by molar-refractivity contribution is 5.89. The molecule has 1 aromatic carbocycles. The van der Waals surface area contributed by atoms with Crippen LogP contribution in [0.15, 0.2) is 22.6 Å². The van der Waals surface area contributed by atoms with Crippen LogP contribution in [0, 0.1) is 13.8 Å². The molecule has 2 aromatic rings. The molecule has 0 radical (unpaired) electrons. The standard InChI is InChI=1S/C17H22N2O4/c1-10-6-7-13-14(12(3)23-15(13)8-10)9-16(20)19(4)18-11(2)17(21)22-5/h6-8,11,18H,9H2,1-5H3. The Bertz CT molecular complexity index is 736. The van der Waals surface area contributed by atoms with Crippen molar-refractivity contribution in [2.45, 2.75) is 33.2 Å². The van der Waals surface area contributed by atoms with Gasteiger partial charge in [0.25, 0.3) is 0 Å². The number of esters is 1. The van der Waals surface area contributed by atoms with Gasteiger partial charge >= 0.3 is 5.97 Å². The van der Waals surface area contributed by atoms with Crippen molar-refractivity contribution in [3.63, 3.8) is 0 Å². The minimum atomic E-state index is -0.598. The van der Waals surface area contributed by atoms with Crippen molar-refractivity contribution < 1.29 is 18.7 Å². The van der Waals surface area contributed by atoms with Crippen molar-refractivity contribution in [1.29, 1.82) is 0 Å². The van der Waals surface area contributed by atoms with Gasteiger partial charge in [-0.3, -0.25) is 14.6 Å². The maximum atomic E-state index is 12.4. The van der Waals surface area contributed by atoms with E-state index in [4.69, 9.17) is 4.42 Å². The van der Waals surface area contributed by atoms with Crippen molar-refractivity contribution in [1.82, 2.24) is 10.4 Å². The van der Waals surface area contributed by atoms with E-state index in [0.717, 1.165) is 27.9 Å². The first kappa shape index (κ1) is 17.0. The van der Waals surface area contributed by atoms with Gasteiger partial charge in [0.05, 0.1) is 13.5 Å². The fourth-order valence-electron chi connectivity index (χ4n) is 2.46. The predicted molar refractivity (Wildman–Crippen MR) is 86.8 cm³/mol. The Kier molecular flexibility index (Phi) is 5.05. The van der Waals surface area contributed by atoms with Crippen LogP contribution in [0.25, 0.3) is 11.0 Å². The third-order valence-electron chi connectivity index (χ3n) is 3.79. The summed E-state index contributed by atoms with van der Waals surface area (Å²) in [5.41, 5.74) is 5.55. The number of furan rings is 1. The Morgan fingerprint density at radius 1 is 1.35 bits per heavy atom. The van der Waals surface area contributed by atoms with Gasteiger partial charge in [0.15, 0.2) is 0 Å². The van der Waals surface area contributed by atoms with Crippen LogP contribution in [0.4, 0.5) is 0 Å². The molecule has 0 fully saturated rings. The highest BCUT2D eigenvalue weighted by Crippen LogP contribution is 2.27. The molecule has 1 atom stereocenters. The molecule has 0 bridgehead atoms. The van der Waals surface area contributed by atoms with E-state index in [0.29, 0.717) is 0 Å². The number of nitrogens with zero attached hydrogens (tertiary/aromatic N) is 1. The maximum Gasteiger partial charge on any atom is 0.324 e. The summed E-state index contributed by atoms with van der Waals surface area (Å²) in [5, 5.41) is 2.25. The molecule has 0 aliphatic rings. The van der Waals surface area contributed by atoms with Crippen LogP contribution in [0.5, 0.6) is 0 Å². The van der Waals surface area contributed by atoms with E-state index in [2.05, 4.69) is 10.2 Å². The lowest BCUT2D eigenvalue weighted by Gasteiger charge is -2.21. The average Bonchev–Trinajstić information content (AvgIpc) is 2.81. The predicted octanol–water partition coefficient (Wildman–Crippen LogP) is 2.12. The summed E-state index contributed by atoms with van der Waals surface area (Å²) in [6, 6.07) is 5.32. The molecule has 1 amide bonds. The average molecular weight is 318 g/mol. The number of hydrazine groups is 1. The highest BCUT2D eigenvalue weighted by atomic mass is 16.5. The molecule has 6 heteroatoms. The second kappa shape index (κ2) is 6.83. The van der Waals surface area contributed by atoms with Gasteiger partial charge in [0, 0.05) is 18.0 Å². The highest BCUT2D eigenvalue weighted by Gasteiger charge is 2.20. The third kappa shape index (κ3) is 3.71. The molecule has 124 valence electrons. The smallest absolute Gasteiger partial charge is 0.324 e. The number of carbonyl (C=O) groups is 2. The Hall–Kier alpha value is -2.34. The van der Waals surface area contributed by atoms with Crippen molar-refractivity contribution in [3.05, 3.63) is 35.1 Å². The van der Waals surface area contributed by atoms with Gasteiger partial charge in [-0.05, 0) is 32.4 Å². The molecule has 0 saturated carbocycles. The summed E-state index contributed by atoms with van der Waals surface area (Å²) in [6.07, 6.45) is 0.194. The quantitative estimate of drug-likeness (QED) is 0.675. The van der Waals surface area contributed by atoms with Crippen LogP contribution in [0.3, 0.4) is 0 Å². The lowest BCUT2D eigenvalue weighted by Crippen LogP contribution is -2.48. The molecule has 1 unspecified atom stereocenters. The number of rotatable bonds is 5. The molecule has 0 spiro atoms. The number of hydrogen-bond donors (Lipinski definition) is 1. The number of hydrogen-bond acceptors (Lipinski definition) is 5. The molecule has 23 heavy (non-hydrogen) atoms. The van der Waals surface area contributed by atoms with Gasteiger partial charge in [-0.15, -0.1) is 0 Å². The Morgan fingerprint density at radius 2 is 2.04 bits per heavy atom. The topological polar surface area (TPSA) is 71.8 Å². The van der Waals surface area contributed by atoms with E-state index < -0.39 is 12.0 Å². The molecule has 1 N–H and O–H groups in total. The molecule has 6 nitrogen and oxygen atoms in total. The third-order valence-corrected chi connectivity index (χ3v) is 3.79. The first-order valence-corrected chi connectivity index (χ1v) is 7.42. The first-order chi connectivity index (χ1) is 10.8. The zero-order valence-corrected chi connectivity index (χ0v) is 14.1. The Balaban J connectivity index is 2.14. The maximum absolute atomic E-state index is 12.4. The van der Waals surface area contributed by atoms with Crippen LogP contribution in [-0.4, -0.2) is 37.1 Å². The van der Waals surface area contributed by atoms with Crippen molar-refractivity contribution in [3.8, 4) is 0 Å². The molecule has 0 aliphatic carbocycles. The number of amides is 1. The van der Waals surface area contributed by atoms with E-state index in [-0.39, 0.29) is 12.3 Å². The minimum absolute atomic E-state index is 0.160. The van der Waals surface area contributed by atoms with Gasteiger partial charge in [-0.2, -0.15) is 0 Å². The number of nitrogens with one attached hydrogen (secondary N) is 1. The molecule has 1 aromatic heterocycles. The van der Waals surface area contributed by atoms with Crippen molar-refractivity contribution in [2.75, 3.05) is 14.2 Å². The van der Waals surface area contributed by atoms with Gasteiger partial charge in [-0.1, -0.05) is 12.1 Å². The number of methoxy groups -OCH3 is 1. The van der Waals surface area contributed by atoms with Crippen LogP contribution in [0.2, 0.25) is 0 Å². The summed E-state index contributed by atoms with van der Waals surface area (Å²) in [4.78, 5) is 23.8. The summed E-state index contributed by atoms with van der Waals surface area (Å²) < 4.78 is 10.4. The summed E-state index contributed by atoms with van der Waals surface area (Å²) in [6.45, 7) is 5.48. The van der Waals surface area contributed by atoms with E-state index in [1.54, 1.807) is 14.0 Å². The van der Waals surface area contributed by atoms with Crippen LogP contribution >= 0.6 is 0 Å². The monoisotopic (exact) mass is 318 g/mol. The summed E-state index contributed by atoms with van der Waals surface area (Å²) in [7, 11) is 2.90. The summed E-state index contributed by atoms with van der Waals surface area (Å²) >= 11 is 0. The molecule has 0 saturated heterocycles. The summed E-state index contributed by atoms with van der Waals surface area (Å²) in [5.74, 6) is 0.144. The van der Waals surface area contributed by atoms with Crippen LogP contribution in [0.1, 0.15) is 23.8 Å². The number of aryl methyl sites for hydroxylation is 2. The Labute approximate surface area is 135 Å². The Morgan fingerprint density at radius 3 is 2.70 bits per heavy atom. The normalized spacial score (nSPS) is 12.2. The first-order valence-electron chi connectivity index (χ1n) is 7.42. The molecule has 1 heterocycles. The lowest BCUT2D eigenvalue weighted by atomic mass is 10.1. The molecular formula is C17H22N2O4. The zero-order chi connectivity index (χ0) is 17.1. The van der Waals surface area contributed by atoms with Gasteiger partial charge in [0.1, 0.15) is 17.4 Å². The van der Waals surface area contributed by atoms with E-state index in [1.165, 1.54) is 12.1 Å². The second-order valence-electron chi connectivity index (χ2n) is 5.64. The SMILES string of the molecule is COC(=O)C(C)NN(C)C(=O)Cc1c(C)oc2cc(C)ccc12. The molecule has 2 rings (SSSR count). The molecular weight excluding hydrogens is 296 g/mol. The zero-order valence-electron chi connectivity index (χ0n) is 14.1. The largest absolute Gasteiger partial charge is 0.468 e. The van der Waals surface area contributed by atoms with Crippen LogP contribution < -0.4 is 5.43 Å². The van der Waals surface area contributed by atoms with E-state index in [9.17, 15) is 9.59 Å². The fraction of sp³-hybridized carbons (Fsp3) is 0.412. The molecule has 0 aliphatic heterocycles. The van der Waals surface area contributed by atoms with Gasteiger partial charge < -0.3 is 9.15 Å². The fourth-order valence-corrected chi connectivity index (χ4v) is 2.46. The number of likely N-dealkylation sites (N-methyl/N-ethyl adjacent to an activating group) is 1. The van der Waals surface area contributed by atoms with Crippen molar-refractivity contribution in [2.24, 2.45) is 0 Å². The van der Waals surface area contributed by atoms with Crippen molar-refractivity contribution >= 4 is 22.8 Å². The number of benzene rings is 1. The number of fused-ring (bicyclic) bond motifs is 1. The van der Waals surface area contributed by atoms with Crippen LogP contribution in [-0.2, 0) is 20.7 Å². The lowest BCUT2D eigenvalue weighted by molar-refractivity contribution is -0.145. The minimum Gasteiger partial charge on any atom is -0.468 e. The number of carbonyl (C=O) groups excluding carboxylic acids is 2.